The van der Waals surface area contributed by atoms with Gasteiger partial charge in [0.25, 0.3) is 0 Å². The molecule has 1 amide bonds. The number of carbonyl (C=O) groups is 1. The number of aromatic nitrogens is 2. The van der Waals surface area contributed by atoms with Crippen LogP contribution in [0.1, 0.15) is 16.6 Å². The van der Waals surface area contributed by atoms with Crippen LogP contribution in [-0.4, -0.2) is 15.9 Å². The van der Waals surface area contributed by atoms with Gasteiger partial charge in [-0.3, -0.25) is 4.79 Å². The summed E-state index contributed by atoms with van der Waals surface area (Å²) in [4.78, 5) is 20.3. The van der Waals surface area contributed by atoms with Crippen LogP contribution in [0.4, 0.5) is 0 Å². The van der Waals surface area contributed by atoms with Crippen LogP contribution < -0.4 is 5.32 Å². The molecule has 0 aliphatic heterocycles. The molecule has 0 fully saturated rings. The summed E-state index contributed by atoms with van der Waals surface area (Å²) in [5, 5.41) is 5.65. The Morgan fingerprint density at radius 1 is 1.32 bits per heavy atom. The molecule has 6 heteroatoms. The number of carbonyl (C=O) groups excluding carboxylic acids is 1. The molecule has 0 saturated carbocycles. The summed E-state index contributed by atoms with van der Waals surface area (Å²) in [7, 11) is 0. The van der Waals surface area contributed by atoms with Gasteiger partial charge in [0.15, 0.2) is 5.76 Å². The summed E-state index contributed by atoms with van der Waals surface area (Å²) >= 11 is 1.54. The van der Waals surface area contributed by atoms with Crippen molar-refractivity contribution in [2.75, 3.05) is 0 Å². The Kier molecular flexibility index (Phi) is 4.29. The highest BCUT2D eigenvalue weighted by molar-refractivity contribution is 7.09. The fourth-order valence-electron chi connectivity index (χ4n) is 2.02. The van der Waals surface area contributed by atoms with Gasteiger partial charge in [-0.2, -0.15) is 0 Å². The van der Waals surface area contributed by atoms with Crippen molar-refractivity contribution in [2.24, 2.45) is 0 Å². The van der Waals surface area contributed by atoms with E-state index in [0.717, 1.165) is 16.3 Å². The average molecular weight is 313 g/mol. The standard InChI is InChI=1S/C16H15N3O2S/c1-11-19-13(10-22-11)7-15(20)17-9-16-18-8-14(21-16)12-5-3-2-4-6-12/h2-6,8,10H,7,9H2,1H3,(H,17,20). The van der Waals surface area contributed by atoms with E-state index in [1.165, 1.54) is 11.3 Å². The molecular formula is C16H15N3O2S. The van der Waals surface area contributed by atoms with Gasteiger partial charge in [-0.25, -0.2) is 9.97 Å². The summed E-state index contributed by atoms with van der Waals surface area (Å²) in [6.07, 6.45) is 1.94. The first-order chi connectivity index (χ1) is 10.7. The number of amides is 1. The van der Waals surface area contributed by atoms with E-state index in [-0.39, 0.29) is 18.9 Å². The molecule has 0 unspecified atom stereocenters. The zero-order valence-corrected chi connectivity index (χ0v) is 12.9. The van der Waals surface area contributed by atoms with Crippen LogP contribution in [0.15, 0.2) is 46.3 Å². The van der Waals surface area contributed by atoms with Crippen molar-refractivity contribution in [3.63, 3.8) is 0 Å². The van der Waals surface area contributed by atoms with Crippen LogP contribution in [0, 0.1) is 6.92 Å². The fourth-order valence-corrected chi connectivity index (χ4v) is 2.63. The van der Waals surface area contributed by atoms with E-state index in [1.54, 1.807) is 6.20 Å². The molecule has 1 aromatic carbocycles. The maximum Gasteiger partial charge on any atom is 0.226 e. The highest BCUT2D eigenvalue weighted by Crippen LogP contribution is 2.19. The van der Waals surface area contributed by atoms with Gasteiger partial charge in [0.05, 0.1) is 29.9 Å². The maximum absolute atomic E-state index is 11.9. The lowest BCUT2D eigenvalue weighted by atomic mass is 10.2. The van der Waals surface area contributed by atoms with E-state index in [0.29, 0.717) is 11.7 Å². The molecule has 0 radical (unpaired) electrons. The number of aryl methyl sites for hydroxylation is 1. The molecule has 112 valence electrons. The van der Waals surface area contributed by atoms with Crippen LogP contribution in [-0.2, 0) is 17.8 Å². The third-order valence-corrected chi connectivity index (χ3v) is 3.88. The number of oxazole rings is 1. The van der Waals surface area contributed by atoms with Crippen molar-refractivity contribution in [3.8, 4) is 11.3 Å². The first kappa shape index (κ1) is 14.5. The van der Waals surface area contributed by atoms with Gasteiger partial charge in [0, 0.05) is 10.9 Å². The van der Waals surface area contributed by atoms with E-state index in [4.69, 9.17) is 4.42 Å². The second-order valence-electron chi connectivity index (χ2n) is 4.80. The topological polar surface area (TPSA) is 68.0 Å². The molecule has 3 aromatic rings. The van der Waals surface area contributed by atoms with Crippen molar-refractivity contribution in [1.82, 2.24) is 15.3 Å². The predicted octanol–water partition coefficient (Wildman–Crippen LogP) is 2.97. The summed E-state index contributed by atoms with van der Waals surface area (Å²) < 4.78 is 5.64. The third-order valence-electron chi connectivity index (χ3n) is 3.06. The minimum absolute atomic E-state index is 0.0928. The lowest BCUT2D eigenvalue weighted by Crippen LogP contribution is -2.24. The zero-order chi connectivity index (χ0) is 15.4. The quantitative estimate of drug-likeness (QED) is 0.786. The second kappa shape index (κ2) is 6.53. The summed E-state index contributed by atoms with van der Waals surface area (Å²) in [5.74, 6) is 1.09. The van der Waals surface area contributed by atoms with Gasteiger partial charge in [-0.1, -0.05) is 30.3 Å². The molecule has 0 saturated heterocycles. The molecular weight excluding hydrogens is 298 g/mol. The summed E-state index contributed by atoms with van der Waals surface area (Å²) in [5.41, 5.74) is 1.75. The molecule has 0 aliphatic carbocycles. The molecule has 0 spiro atoms. The van der Waals surface area contributed by atoms with Crippen molar-refractivity contribution < 1.29 is 9.21 Å². The number of hydrogen-bond acceptors (Lipinski definition) is 5. The SMILES string of the molecule is Cc1nc(CC(=O)NCc2ncc(-c3ccccc3)o2)cs1. The Balaban J connectivity index is 1.56. The molecule has 0 bridgehead atoms. The number of thiazole rings is 1. The van der Waals surface area contributed by atoms with Gasteiger partial charge in [0.1, 0.15) is 0 Å². The van der Waals surface area contributed by atoms with Crippen molar-refractivity contribution in [2.45, 2.75) is 19.9 Å². The number of hydrogen-bond donors (Lipinski definition) is 1. The van der Waals surface area contributed by atoms with Crippen LogP contribution >= 0.6 is 11.3 Å². The maximum atomic E-state index is 11.9. The molecule has 3 rings (SSSR count). The van der Waals surface area contributed by atoms with Gasteiger partial charge >= 0.3 is 0 Å². The minimum Gasteiger partial charge on any atom is -0.439 e. The Bertz CT molecular complexity index is 765. The monoisotopic (exact) mass is 313 g/mol. The first-order valence-electron chi connectivity index (χ1n) is 6.88. The fraction of sp³-hybridized carbons (Fsp3) is 0.188. The van der Waals surface area contributed by atoms with Gasteiger partial charge in [0.2, 0.25) is 11.8 Å². The highest BCUT2D eigenvalue weighted by atomic mass is 32.1. The first-order valence-corrected chi connectivity index (χ1v) is 7.76. The molecule has 22 heavy (non-hydrogen) atoms. The van der Waals surface area contributed by atoms with Crippen molar-refractivity contribution >= 4 is 17.2 Å². The number of nitrogens with one attached hydrogen (secondary N) is 1. The minimum atomic E-state index is -0.0928. The molecule has 2 heterocycles. The lowest BCUT2D eigenvalue weighted by molar-refractivity contribution is -0.120. The van der Waals surface area contributed by atoms with E-state index in [2.05, 4.69) is 15.3 Å². The van der Waals surface area contributed by atoms with Crippen molar-refractivity contribution in [3.05, 3.63) is 58.5 Å². The zero-order valence-electron chi connectivity index (χ0n) is 12.1. The van der Waals surface area contributed by atoms with Crippen LogP contribution in [0.5, 0.6) is 0 Å². The summed E-state index contributed by atoms with van der Waals surface area (Å²) in [6.45, 7) is 2.19. The molecule has 0 atom stereocenters. The van der Waals surface area contributed by atoms with Crippen LogP contribution in [0.25, 0.3) is 11.3 Å². The van der Waals surface area contributed by atoms with Crippen LogP contribution in [0.2, 0.25) is 0 Å². The van der Waals surface area contributed by atoms with E-state index in [1.807, 2.05) is 42.6 Å². The molecule has 1 N–H and O–H groups in total. The second-order valence-corrected chi connectivity index (χ2v) is 5.86. The number of benzene rings is 1. The third kappa shape index (κ3) is 3.59. The van der Waals surface area contributed by atoms with Gasteiger partial charge < -0.3 is 9.73 Å². The highest BCUT2D eigenvalue weighted by Gasteiger charge is 2.09. The average Bonchev–Trinajstić information content (AvgIpc) is 3.15. The van der Waals surface area contributed by atoms with E-state index >= 15 is 0 Å². The molecule has 0 aliphatic rings. The number of nitrogens with zero attached hydrogens (tertiary/aromatic N) is 2. The van der Waals surface area contributed by atoms with Gasteiger partial charge in [-0.15, -0.1) is 11.3 Å². The normalized spacial score (nSPS) is 10.6. The van der Waals surface area contributed by atoms with E-state index in [9.17, 15) is 4.79 Å². The Morgan fingerprint density at radius 3 is 2.86 bits per heavy atom. The van der Waals surface area contributed by atoms with Crippen LogP contribution in [0.3, 0.4) is 0 Å². The predicted molar refractivity (Wildman–Crippen MR) is 84.3 cm³/mol. The van der Waals surface area contributed by atoms with E-state index < -0.39 is 0 Å². The largest absolute Gasteiger partial charge is 0.439 e. The molecule has 5 nitrogen and oxygen atoms in total. The Hall–Kier alpha value is -2.47. The van der Waals surface area contributed by atoms with Gasteiger partial charge in [-0.05, 0) is 6.92 Å². The lowest BCUT2D eigenvalue weighted by Gasteiger charge is -2.00. The van der Waals surface area contributed by atoms with Crippen molar-refractivity contribution in [1.29, 1.82) is 0 Å². The smallest absolute Gasteiger partial charge is 0.226 e. The Labute approximate surface area is 132 Å². The Morgan fingerprint density at radius 2 is 2.14 bits per heavy atom. The summed E-state index contributed by atoms with van der Waals surface area (Å²) in [6, 6.07) is 9.73. The number of rotatable bonds is 5. The molecule has 2 aromatic heterocycles.